The van der Waals surface area contributed by atoms with Crippen molar-refractivity contribution in [3.63, 3.8) is 0 Å². The number of phenols is 1. The van der Waals surface area contributed by atoms with E-state index in [1.54, 1.807) is 6.07 Å². The summed E-state index contributed by atoms with van der Waals surface area (Å²) in [5, 5.41) is 27.9. The number of rotatable bonds is 3. The summed E-state index contributed by atoms with van der Waals surface area (Å²) in [5.41, 5.74) is 6.12. The number of phenolic OH excluding ortho intramolecular Hbond substituents is 1. The van der Waals surface area contributed by atoms with Crippen LogP contribution in [0, 0.1) is 0 Å². The summed E-state index contributed by atoms with van der Waals surface area (Å²) in [6, 6.07) is 10.0. The van der Waals surface area contributed by atoms with Crippen LogP contribution in [-0.4, -0.2) is 30.1 Å². The number of hydrogen-bond acceptors (Lipinski definition) is 5. The highest BCUT2D eigenvalue weighted by atomic mass is 32.1. The molecule has 1 aliphatic rings. The molecule has 1 aliphatic carbocycles. The predicted octanol–water partition coefficient (Wildman–Crippen LogP) is 3.86. The second-order valence-corrected chi connectivity index (χ2v) is 7.30. The molecule has 0 unspecified atom stereocenters. The minimum absolute atomic E-state index is 0.136. The Morgan fingerprint density at radius 3 is 2.85 bits per heavy atom. The van der Waals surface area contributed by atoms with Crippen LogP contribution in [0.15, 0.2) is 35.5 Å². The van der Waals surface area contributed by atoms with Crippen molar-refractivity contribution in [3.05, 3.63) is 47.2 Å². The molecule has 136 valence electrons. The van der Waals surface area contributed by atoms with Gasteiger partial charge >= 0.3 is 0 Å². The van der Waals surface area contributed by atoms with Crippen LogP contribution in [0.4, 0.5) is 0 Å². The molecule has 0 amide bonds. The number of aromatic nitrogens is 5. The Balaban J connectivity index is 1.71. The van der Waals surface area contributed by atoms with Crippen LogP contribution in [0.3, 0.4) is 0 Å². The van der Waals surface area contributed by atoms with E-state index in [1.807, 2.05) is 10.6 Å². The lowest BCUT2D eigenvalue weighted by Gasteiger charge is -2.11. The third kappa shape index (κ3) is 2.53. The largest absolute Gasteiger partial charge is 0.507 e. The summed E-state index contributed by atoms with van der Waals surface area (Å²) in [5.74, 6) is 0.706. The monoisotopic (exact) mass is 377 g/mol. The molecule has 6 nitrogen and oxygen atoms in total. The highest BCUT2D eigenvalue weighted by Crippen LogP contribution is 2.36. The first kappa shape index (κ1) is 16.4. The third-order valence-corrected chi connectivity index (χ3v) is 5.61. The summed E-state index contributed by atoms with van der Waals surface area (Å²) in [6.45, 7) is 2.06. The van der Waals surface area contributed by atoms with E-state index in [-0.39, 0.29) is 5.75 Å². The molecule has 7 heteroatoms. The molecule has 2 aromatic carbocycles. The maximum absolute atomic E-state index is 10.6. The van der Waals surface area contributed by atoms with Crippen LogP contribution >= 0.6 is 12.6 Å². The van der Waals surface area contributed by atoms with Crippen molar-refractivity contribution in [1.82, 2.24) is 25.0 Å². The standard InChI is InChI=1S/C20H19N5OS/c1-2-16-14-9-15(18(26)10-17(14)22-21-16)19-23-24-20(27)25(19)13-7-6-11-4-3-5-12(11)8-13/h6-10,26H,2-5H2,1H3,(H,21,22)(H,24,27). The number of aryl methyl sites for hydroxylation is 3. The van der Waals surface area contributed by atoms with E-state index in [1.165, 1.54) is 17.5 Å². The number of fused-ring (bicyclic) bond motifs is 2. The number of thiol groups is 1. The average Bonchev–Trinajstić information content (AvgIpc) is 3.37. The minimum Gasteiger partial charge on any atom is -0.507 e. The molecule has 0 bridgehead atoms. The molecule has 0 saturated heterocycles. The SMILES string of the molecule is CCc1n[nH]c2cc(O)c(-c3nnc(S)n3-c3ccc4c(c3)CCC4)cc12. The number of aromatic hydroxyl groups is 1. The molecule has 0 fully saturated rings. The third-order valence-electron chi connectivity index (χ3n) is 5.32. The fraction of sp³-hybridized carbons (Fsp3) is 0.250. The normalized spacial score (nSPS) is 13.4. The molecule has 0 saturated carbocycles. The van der Waals surface area contributed by atoms with E-state index in [0.717, 1.165) is 41.5 Å². The zero-order chi connectivity index (χ0) is 18.5. The van der Waals surface area contributed by atoms with Crippen molar-refractivity contribution in [2.45, 2.75) is 37.8 Å². The van der Waals surface area contributed by atoms with Gasteiger partial charge in [0.25, 0.3) is 0 Å². The van der Waals surface area contributed by atoms with Gasteiger partial charge in [-0.1, -0.05) is 13.0 Å². The van der Waals surface area contributed by atoms with E-state index < -0.39 is 0 Å². The zero-order valence-electron chi connectivity index (χ0n) is 14.9. The Bertz CT molecular complexity index is 1180. The number of benzene rings is 2. The van der Waals surface area contributed by atoms with E-state index in [4.69, 9.17) is 0 Å². The van der Waals surface area contributed by atoms with Crippen molar-refractivity contribution < 1.29 is 5.11 Å². The van der Waals surface area contributed by atoms with Gasteiger partial charge in [0, 0.05) is 11.5 Å². The molecule has 2 aromatic heterocycles. The fourth-order valence-electron chi connectivity index (χ4n) is 3.94. The van der Waals surface area contributed by atoms with Gasteiger partial charge in [-0.25, -0.2) is 0 Å². The molecule has 27 heavy (non-hydrogen) atoms. The Morgan fingerprint density at radius 2 is 2.00 bits per heavy atom. The van der Waals surface area contributed by atoms with Crippen molar-refractivity contribution in [1.29, 1.82) is 0 Å². The lowest BCUT2D eigenvalue weighted by molar-refractivity contribution is 0.477. The minimum atomic E-state index is 0.136. The van der Waals surface area contributed by atoms with Crippen LogP contribution in [0.25, 0.3) is 28.0 Å². The first-order valence-electron chi connectivity index (χ1n) is 9.12. The van der Waals surface area contributed by atoms with Gasteiger partial charge in [-0.05, 0) is 55.0 Å². The lowest BCUT2D eigenvalue weighted by Crippen LogP contribution is -2.00. The smallest absolute Gasteiger partial charge is 0.193 e. The molecular weight excluding hydrogens is 358 g/mol. The highest BCUT2D eigenvalue weighted by molar-refractivity contribution is 7.80. The number of nitrogens with zero attached hydrogens (tertiary/aromatic N) is 4. The summed E-state index contributed by atoms with van der Waals surface area (Å²) < 4.78 is 1.88. The number of hydrogen-bond donors (Lipinski definition) is 3. The van der Waals surface area contributed by atoms with Crippen LogP contribution in [-0.2, 0) is 19.3 Å². The van der Waals surface area contributed by atoms with Crippen molar-refractivity contribution in [2.75, 3.05) is 0 Å². The molecule has 0 radical (unpaired) electrons. The van der Waals surface area contributed by atoms with Crippen LogP contribution in [0.2, 0.25) is 0 Å². The molecule has 2 N–H and O–H groups in total. The first-order valence-corrected chi connectivity index (χ1v) is 9.57. The van der Waals surface area contributed by atoms with Gasteiger partial charge in [-0.15, -0.1) is 22.8 Å². The van der Waals surface area contributed by atoms with E-state index in [0.29, 0.717) is 16.5 Å². The number of H-pyrrole nitrogens is 1. The average molecular weight is 377 g/mol. The van der Waals surface area contributed by atoms with Crippen molar-refractivity contribution in [2.24, 2.45) is 0 Å². The van der Waals surface area contributed by atoms with E-state index in [9.17, 15) is 5.11 Å². The summed E-state index contributed by atoms with van der Waals surface area (Å²) in [4.78, 5) is 0. The van der Waals surface area contributed by atoms with Gasteiger partial charge < -0.3 is 5.11 Å². The lowest BCUT2D eigenvalue weighted by atomic mass is 10.1. The Morgan fingerprint density at radius 1 is 1.15 bits per heavy atom. The molecular formula is C20H19N5OS. The molecule has 4 aromatic rings. The highest BCUT2D eigenvalue weighted by Gasteiger charge is 2.20. The summed E-state index contributed by atoms with van der Waals surface area (Å²) >= 11 is 4.51. The number of nitrogens with one attached hydrogen (secondary N) is 1. The van der Waals surface area contributed by atoms with E-state index >= 15 is 0 Å². The molecule has 2 heterocycles. The zero-order valence-corrected chi connectivity index (χ0v) is 15.8. The molecule has 0 aliphatic heterocycles. The predicted molar refractivity (Wildman–Crippen MR) is 107 cm³/mol. The van der Waals surface area contributed by atoms with Gasteiger partial charge in [0.05, 0.1) is 22.5 Å². The Hall–Kier alpha value is -2.80. The summed E-state index contributed by atoms with van der Waals surface area (Å²) in [6.07, 6.45) is 4.23. The quantitative estimate of drug-likeness (QED) is 0.474. The van der Waals surface area contributed by atoms with Crippen molar-refractivity contribution in [3.8, 4) is 22.8 Å². The van der Waals surface area contributed by atoms with Crippen molar-refractivity contribution >= 4 is 23.5 Å². The Labute approximate surface area is 161 Å². The second kappa shape index (κ2) is 6.13. The van der Waals surface area contributed by atoms with Gasteiger partial charge in [-0.3, -0.25) is 9.67 Å². The molecule has 5 rings (SSSR count). The van der Waals surface area contributed by atoms with E-state index in [2.05, 4.69) is 58.1 Å². The van der Waals surface area contributed by atoms with Gasteiger partial charge in [0.1, 0.15) is 5.75 Å². The van der Waals surface area contributed by atoms with Crippen LogP contribution in [0.5, 0.6) is 5.75 Å². The van der Waals surface area contributed by atoms with Gasteiger partial charge in [0.15, 0.2) is 11.0 Å². The second-order valence-electron chi connectivity index (χ2n) is 6.90. The Kier molecular flexibility index (Phi) is 3.72. The maximum atomic E-state index is 10.6. The molecule has 0 atom stereocenters. The number of aromatic amines is 1. The summed E-state index contributed by atoms with van der Waals surface area (Å²) in [7, 11) is 0. The molecule has 0 spiro atoms. The van der Waals surface area contributed by atoms with Gasteiger partial charge in [0.2, 0.25) is 0 Å². The maximum Gasteiger partial charge on any atom is 0.193 e. The van der Waals surface area contributed by atoms with Gasteiger partial charge in [-0.2, -0.15) is 5.10 Å². The van der Waals surface area contributed by atoms with Crippen LogP contribution in [0.1, 0.15) is 30.2 Å². The van der Waals surface area contributed by atoms with Crippen LogP contribution < -0.4 is 0 Å². The first-order chi connectivity index (χ1) is 13.2. The topological polar surface area (TPSA) is 79.6 Å². The fourth-order valence-corrected chi connectivity index (χ4v) is 4.20.